The van der Waals surface area contributed by atoms with Crippen LogP contribution >= 0.6 is 11.6 Å². The van der Waals surface area contributed by atoms with E-state index < -0.39 is 46.8 Å². The first-order chi connectivity index (χ1) is 9.67. The molecule has 118 valence electrons. The summed E-state index contributed by atoms with van der Waals surface area (Å²) in [6, 6.07) is 0. The Balaban J connectivity index is 3.21. The molecule has 0 aromatic heterocycles. The second kappa shape index (κ2) is 6.31. The van der Waals surface area contributed by atoms with Crippen molar-refractivity contribution < 1.29 is 23.1 Å². The van der Waals surface area contributed by atoms with Crippen molar-refractivity contribution in [3.8, 4) is 12.3 Å². The van der Waals surface area contributed by atoms with E-state index in [0.717, 1.165) is 6.08 Å². The zero-order valence-electron chi connectivity index (χ0n) is 11.9. The normalized spacial score (nSPS) is 30.3. The minimum absolute atomic E-state index is 0.0418. The number of aliphatic carboxylic acids is 1. The van der Waals surface area contributed by atoms with Crippen LogP contribution in [-0.4, -0.2) is 23.9 Å². The SMILES string of the molecule is C#CC(C(F)CCCF)C1(C(=O)O)C(C=C(F)Cl)C1(C)C. The molecular formula is C15H18ClF3O2. The summed E-state index contributed by atoms with van der Waals surface area (Å²) < 4.78 is 39.4. The van der Waals surface area contributed by atoms with Gasteiger partial charge in [-0.15, -0.1) is 6.42 Å². The Morgan fingerprint density at radius 3 is 2.52 bits per heavy atom. The monoisotopic (exact) mass is 322 g/mol. The third-order valence-electron chi connectivity index (χ3n) is 4.54. The number of halogens is 4. The molecule has 4 unspecified atom stereocenters. The quantitative estimate of drug-likeness (QED) is 0.716. The average Bonchev–Trinajstić information content (AvgIpc) is 2.85. The fraction of sp³-hybridized carbons (Fsp3) is 0.667. The van der Waals surface area contributed by atoms with Crippen LogP contribution < -0.4 is 0 Å². The maximum atomic E-state index is 14.3. The second-order valence-corrected chi connectivity index (χ2v) is 6.18. The Bertz CT molecular complexity index is 480. The number of allylic oxidation sites excluding steroid dienone is 1. The summed E-state index contributed by atoms with van der Waals surface area (Å²) in [5, 5.41) is 8.52. The van der Waals surface area contributed by atoms with Crippen LogP contribution in [0.3, 0.4) is 0 Å². The lowest BCUT2D eigenvalue weighted by atomic mass is 9.78. The highest BCUT2D eigenvalue weighted by atomic mass is 35.5. The second-order valence-electron chi connectivity index (χ2n) is 5.82. The van der Waals surface area contributed by atoms with Gasteiger partial charge >= 0.3 is 5.97 Å². The van der Waals surface area contributed by atoms with Crippen LogP contribution in [0.2, 0.25) is 0 Å². The highest BCUT2D eigenvalue weighted by Crippen LogP contribution is 2.74. The molecule has 4 atom stereocenters. The molecular weight excluding hydrogens is 305 g/mol. The molecule has 1 fully saturated rings. The standard InChI is InChI=1S/C15H18ClF3O2/c1-4-9(10(18)6-5-7-17)15(13(20)21)11(8-12(16)19)14(15,2)3/h1,8-11H,5-7H2,2-3H3,(H,20,21). The molecule has 1 saturated carbocycles. The van der Waals surface area contributed by atoms with Crippen molar-refractivity contribution in [3.05, 3.63) is 11.4 Å². The van der Waals surface area contributed by atoms with Crippen LogP contribution in [0.15, 0.2) is 11.4 Å². The maximum Gasteiger partial charge on any atom is 0.312 e. The van der Waals surface area contributed by atoms with E-state index in [1.165, 1.54) is 0 Å². The highest BCUT2D eigenvalue weighted by Gasteiger charge is 2.79. The summed E-state index contributed by atoms with van der Waals surface area (Å²) in [7, 11) is 0. The minimum Gasteiger partial charge on any atom is -0.481 e. The van der Waals surface area contributed by atoms with Gasteiger partial charge in [0.05, 0.1) is 18.0 Å². The summed E-state index contributed by atoms with van der Waals surface area (Å²) in [4.78, 5) is 11.7. The van der Waals surface area contributed by atoms with Gasteiger partial charge in [-0.25, -0.2) is 4.39 Å². The van der Waals surface area contributed by atoms with Crippen molar-refractivity contribution in [2.75, 3.05) is 6.67 Å². The number of rotatable bonds is 7. The molecule has 0 amide bonds. The van der Waals surface area contributed by atoms with Gasteiger partial charge in [-0.2, -0.15) is 4.39 Å². The fourth-order valence-corrected chi connectivity index (χ4v) is 3.53. The minimum atomic E-state index is -1.67. The van der Waals surface area contributed by atoms with Crippen molar-refractivity contribution in [2.24, 2.45) is 22.7 Å². The molecule has 0 heterocycles. The van der Waals surface area contributed by atoms with E-state index in [9.17, 15) is 23.1 Å². The maximum absolute atomic E-state index is 14.3. The van der Waals surface area contributed by atoms with Crippen LogP contribution in [0, 0.1) is 35.0 Å². The summed E-state index contributed by atoms with van der Waals surface area (Å²) in [6.07, 6.45) is 4.41. The summed E-state index contributed by atoms with van der Waals surface area (Å²) in [5.41, 5.74) is -2.58. The molecule has 0 radical (unpaired) electrons. The van der Waals surface area contributed by atoms with Crippen molar-refractivity contribution in [1.82, 2.24) is 0 Å². The van der Waals surface area contributed by atoms with Crippen LogP contribution in [0.4, 0.5) is 13.2 Å². The van der Waals surface area contributed by atoms with Crippen LogP contribution in [-0.2, 0) is 4.79 Å². The van der Waals surface area contributed by atoms with Crippen LogP contribution in [0.25, 0.3) is 0 Å². The first kappa shape index (κ1) is 17.9. The molecule has 0 spiro atoms. The lowest BCUT2D eigenvalue weighted by molar-refractivity contribution is -0.148. The van der Waals surface area contributed by atoms with Gasteiger partial charge in [0.25, 0.3) is 0 Å². The third kappa shape index (κ3) is 2.78. The summed E-state index contributed by atoms with van der Waals surface area (Å²) in [6.45, 7) is 2.45. The number of hydrogen-bond acceptors (Lipinski definition) is 1. The van der Waals surface area contributed by atoms with Gasteiger partial charge in [0, 0.05) is 5.92 Å². The van der Waals surface area contributed by atoms with Gasteiger partial charge in [0.15, 0.2) is 5.29 Å². The molecule has 0 saturated heterocycles. The van der Waals surface area contributed by atoms with E-state index in [1.807, 2.05) is 0 Å². The summed E-state index contributed by atoms with van der Waals surface area (Å²) in [5.74, 6) is -1.20. The van der Waals surface area contributed by atoms with Gasteiger partial charge in [-0.05, 0) is 24.3 Å². The zero-order valence-corrected chi connectivity index (χ0v) is 12.6. The van der Waals surface area contributed by atoms with Crippen molar-refractivity contribution >= 4 is 17.6 Å². The number of carboxylic acid groups (broad SMARTS) is 1. The van der Waals surface area contributed by atoms with Gasteiger partial charge in [0.1, 0.15) is 6.17 Å². The topological polar surface area (TPSA) is 37.3 Å². The molecule has 1 aliphatic rings. The molecule has 0 bridgehead atoms. The van der Waals surface area contributed by atoms with Crippen molar-refractivity contribution in [1.29, 1.82) is 0 Å². The molecule has 1 aliphatic carbocycles. The Labute approximate surface area is 127 Å². The zero-order chi connectivity index (χ0) is 16.4. The fourth-order valence-electron chi connectivity index (χ4n) is 3.40. The first-order valence-electron chi connectivity index (χ1n) is 6.60. The smallest absolute Gasteiger partial charge is 0.312 e. The lowest BCUT2D eigenvalue weighted by Crippen LogP contribution is -2.36. The van der Waals surface area contributed by atoms with Crippen LogP contribution in [0.5, 0.6) is 0 Å². The lowest BCUT2D eigenvalue weighted by Gasteiger charge is -2.25. The van der Waals surface area contributed by atoms with Crippen molar-refractivity contribution in [3.63, 3.8) is 0 Å². The number of carboxylic acids is 1. The third-order valence-corrected chi connectivity index (χ3v) is 4.67. The predicted octanol–water partition coefficient (Wildman–Crippen LogP) is 4.10. The van der Waals surface area contributed by atoms with E-state index >= 15 is 0 Å². The first-order valence-corrected chi connectivity index (χ1v) is 6.98. The van der Waals surface area contributed by atoms with Gasteiger partial charge in [-0.1, -0.05) is 31.4 Å². The number of hydrogen-bond donors (Lipinski definition) is 1. The number of alkyl halides is 2. The highest BCUT2D eigenvalue weighted by molar-refractivity contribution is 6.28. The molecule has 1 N–H and O–H groups in total. The molecule has 2 nitrogen and oxygen atoms in total. The van der Waals surface area contributed by atoms with E-state index in [-0.39, 0.29) is 12.8 Å². The van der Waals surface area contributed by atoms with Crippen LogP contribution in [0.1, 0.15) is 26.7 Å². The van der Waals surface area contributed by atoms with E-state index in [0.29, 0.717) is 0 Å². The Kier molecular flexibility index (Phi) is 5.38. The molecule has 21 heavy (non-hydrogen) atoms. The summed E-state index contributed by atoms with van der Waals surface area (Å²) >= 11 is 5.19. The molecule has 1 rings (SSSR count). The van der Waals surface area contributed by atoms with E-state index in [4.69, 9.17) is 18.0 Å². The average molecular weight is 323 g/mol. The van der Waals surface area contributed by atoms with Gasteiger partial charge < -0.3 is 5.11 Å². The largest absolute Gasteiger partial charge is 0.481 e. The van der Waals surface area contributed by atoms with Gasteiger partial charge in [-0.3, -0.25) is 9.18 Å². The molecule has 0 aromatic rings. The molecule has 0 aliphatic heterocycles. The van der Waals surface area contributed by atoms with E-state index in [2.05, 4.69) is 5.92 Å². The number of carbonyl (C=O) groups is 1. The Morgan fingerprint density at radius 2 is 2.14 bits per heavy atom. The van der Waals surface area contributed by atoms with Crippen molar-refractivity contribution in [2.45, 2.75) is 32.9 Å². The Hall–Kier alpha value is -1.15. The van der Waals surface area contributed by atoms with E-state index in [1.54, 1.807) is 13.8 Å². The Morgan fingerprint density at radius 1 is 1.57 bits per heavy atom. The number of terminal acetylenes is 1. The van der Waals surface area contributed by atoms with Gasteiger partial charge in [0.2, 0.25) is 0 Å². The molecule has 6 heteroatoms. The molecule has 0 aromatic carbocycles. The predicted molar refractivity (Wildman–Crippen MR) is 74.8 cm³/mol.